The van der Waals surface area contributed by atoms with Crippen molar-refractivity contribution in [3.8, 4) is 0 Å². The van der Waals surface area contributed by atoms with Crippen molar-refractivity contribution in [2.75, 3.05) is 6.61 Å². The van der Waals surface area contributed by atoms with E-state index in [1.165, 1.54) is 12.8 Å². The molecule has 1 aromatic heterocycles. The Balaban J connectivity index is 2.89. The lowest BCUT2D eigenvalue weighted by Gasteiger charge is -2.32. The molecule has 0 amide bonds. The molecular formula is C15H25NO. The first kappa shape index (κ1) is 14.2. The van der Waals surface area contributed by atoms with Crippen molar-refractivity contribution in [2.24, 2.45) is 0 Å². The van der Waals surface area contributed by atoms with Gasteiger partial charge in [0.1, 0.15) is 5.60 Å². The molecule has 96 valence electrons. The number of unbranched alkanes of at least 4 members (excludes halogenated alkanes) is 1. The molecule has 0 aliphatic rings. The highest BCUT2D eigenvalue weighted by Crippen LogP contribution is 2.33. The summed E-state index contributed by atoms with van der Waals surface area (Å²) in [5.74, 6) is 0. The maximum absolute atomic E-state index is 6.15. The summed E-state index contributed by atoms with van der Waals surface area (Å²) < 4.78 is 6.15. The van der Waals surface area contributed by atoms with Gasteiger partial charge in [-0.05, 0) is 31.4 Å². The summed E-state index contributed by atoms with van der Waals surface area (Å²) in [4.78, 5) is 4.50. The molecule has 1 aromatic rings. The fourth-order valence-electron chi connectivity index (χ4n) is 2.13. The number of pyridine rings is 1. The lowest BCUT2D eigenvalue weighted by Crippen LogP contribution is -2.30. The van der Waals surface area contributed by atoms with Crippen LogP contribution in [-0.4, -0.2) is 11.6 Å². The first-order valence-corrected chi connectivity index (χ1v) is 6.84. The van der Waals surface area contributed by atoms with Gasteiger partial charge in [0.2, 0.25) is 0 Å². The van der Waals surface area contributed by atoms with Crippen LogP contribution in [0.15, 0.2) is 24.4 Å². The lowest BCUT2D eigenvalue weighted by molar-refractivity contribution is -0.0644. The van der Waals surface area contributed by atoms with Crippen molar-refractivity contribution >= 4 is 0 Å². The fourth-order valence-corrected chi connectivity index (χ4v) is 2.13. The van der Waals surface area contributed by atoms with Crippen LogP contribution in [0.4, 0.5) is 0 Å². The van der Waals surface area contributed by atoms with Gasteiger partial charge in [-0.25, -0.2) is 0 Å². The van der Waals surface area contributed by atoms with E-state index in [2.05, 4.69) is 31.8 Å². The van der Waals surface area contributed by atoms with E-state index in [-0.39, 0.29) is 5.60 Å². The second kappa shape index (κ2) is 7.44. The van der Waals surface area contributed by atoms with Crippen molar-refractivity contribution < 1.29 is 4.74 Å². The number of aromatic nitrogens is 1. The molecule has 0 saturated heterocycles. The molecule has 0 radical (unpaired) electrons. The monoisotopic (exact) mass is 235 g/mol. The van der Waals surface area contributed by atoms with Crippen LogP contribution in [0.2, 0.25) is 0 Å². The third kappa shape index (κ3) is 3.81. The average Bonchev–Trinajstić information content (AvgIpc) is 2.41. The highest BCUT2D eigenvalue weighted by atomic mass is 16.5. The van der Waals surface area contributed by atoms with Crippen LogP contribution in [0, 0.1) is 0 Å². The van der Waals surface area contributed by atoms with Crippen LogP contribution < -0.4 is 0 Å². The summed E-state index contributed by atoms with van der Waals surface area (Å²) in [6.45, 7) is 7.38. The quantitative estimate of drug-likeness (QED) is 0.670. The van der Waals surface area contributed by atoms with E-state index in [1.54, 1.807) is 0 Å². The van der Waals surface area contributed by atoms with E-state index in [0.717, 1.165) is 31.6 Å². The first-order valence-electron chi connectivity index (χ1n) is 6.84. The van der Waals surface area contributed by atoms with E-state index >= 15 is 0 Å². The first-order chi connectivity index (χ1) is 8.29. The molecule has 0 aliphatic heterocycles. The molecule has 1 atom stereocenters. The van der Waals surface area contributed by atoms with Gasteiger partial charge < -0.3 is 4.74 Å². The van der Waals surface area contributed by atoms with E-state index in [9.17, 15) is 0 Å². The minimum atomic E-state index is -0.173. The molecule has 1 unspecified atom stereocenters. The normalized spacial score (nSPS) is 14.5. The maximum Gasteiger partial charge on any atom is 0.110 e. The van der Waals surface area contributed by atoms with Crippen molar-refractivity contribution in [3.05, 3.63) is 30.1 Å². The van der Waals surface area contributed by atoms with Gasteiger partial charge in [-0.15, -0.1) is 0 Å². The zero-order valence-corrected chi connectivity index (χ0v) is 11.4. The van der Waals surface area contributed by atoms with Crippen molar-refractivity contribution in [3.63, 3.8) is 0 Å². The summed E-state index contributed by atoms with van der Waals surface area (Å²) in [5.41, 5.74) is 0.914. The second-order valence-electron chi connectivity index (χ2n) is 4.51. The standard InChI is InChI=1S/C15H25NO/c1-4-7-11-15(6-3,17-13-5-2)14-10-8-9-12-16-14/h8-10,12H,4-7,11,13H2,1-3H3. The summed E-state index contributed by atoms with van der Waals surface area (Å²) in [6, 6.07) is 6.10. The second-order valence-corrected chi connectivity index (χ2v) is 4.51. The number of nitrogens with zero attached hydrogens (tertiary/aromatic N) is 1. The van der Waals surface area contributed by atoms with Gasteiger partial charge in [0, 0.05) is 12.8 Å². The third-order valence-corrected chi connectivity index (χ3v) is 3.22. The predicted octanol–water partition coefficient (Wildman–Crippen LogP) is 4.30. The fraction of sp³-hybridized carbons (Fsp3) is 0.667. The number of hydrogen-bond acceptors (Lipinski definition) is 2. The highest BCUT2D eigenvalue weighted by molar-refractivity contribution is 5.13. The number of hydrogen-bond donors (Lipinski definition) is 0. The molecule has 0 aliphatic carbocycles. The molecule has 2 heteroatoms. The molecule has 1 heterocycles. The van der Waals surface area contributed by atoms with Gasteiger partial charge in [-0.1, -0.05) is 39.7 Å². The Bertz CT molecular complexity index is 289. The number of rotatable bonds is 8. The Morgan fingerprint density at radius 1 is 1.18 bits per heavy atom. The van der Waals surface area contributed by atoms with E-state index < -0.39 is 0 Å². The van der Waals surface area contributed by atoms with Gasteiger partial charge in [0.15, 0.2) is 0 Å². The van der Waals surface area contributed by atoms with Crippen molar-refractivity contribution in [2.45, 2.75) is 58.5 Å². The summed E-state index contributed by atoms with van der Waals surface area (Å²) >= 11 is 0. The Kier molecular flexibility index (Phi) is 6.20. The Labute approximate surface area is 105 Å². The van der Waals surface area contributed by atoms with Crippen LogP contribution in [0.25, 0.3) is 0 Å². The zero-order valence-electron chi connectivity index (χ0n) is 11.4. The molecule has 17 heavy (non-hydrogen) atoms. The molecule has 0 N–H and O–H groups in total. The molecule has 1 rings (SSSR count). The van der Waals surface area contributed by atoms with Gasteiger partial charge in [-0.3, -0.25) is 4.98 Å². The Morgan fingerprint density at radius 2 is 2.00 bits per heavy atom. The van der Waals surface area contributed by atoms with Crippen LogP contribution >= 0.6 is 0 Å². The smallest absolute Gasteiger partial charge is 0.110 e. The Hall–Kier alpha value is -0.890. The molecule has 0 fully saturated rings. The minimum absolute atomic E-state index is 0.173. The van der Waals surface area contributed by atoms with Gasteiger partial charge in [-0.2, -0.15) is 0 Å². The predicted molar refractivity (Wildman–Crippen MR) is 72.0 cm³/mol. The van der Waals surface area contributed by atoms with Crippen LogP contribution in [0.1, 0.15) is 58.6 Å². The van der Waals surface area contributed by atoms with E-state index in [1.807, 2.05) is 18.3 Å². The highest BCUT2D eigenvalue weighted by Gasteiger charge is 2.31. The maximum atomic E-state index is 6.15. The third-order valence-electron chi connectivity index (χ3n) is 3.22. The molecule has 0 spiro atoms. The van der Waals surface area contributed by atoms with Crippen molar-refractivity contribution in [1.82, 2.24) is 4.98 Å². The molecule has 0 saturated carbocycles. The SMILES string of the molecule is CCCCC(CC)(OCCC)c1ccccn1. The summed E-state index contributed by atoms with van der Waals surface area (Å²) in [7, 11) is 0. The molecular weight excluding hydrogens is 210 g/mol. The zero-order chi connectivity index (χ0) is 12.6. The lowest BCUT2D eigenvalue weighted by atomic mass is 9.89. The largest absolute Gasteiger partial charge is 0.369 e. The Morgan fingerprint density at radius 3 is 2.53 bits per heavy atom. The van der Waals surface area contributed by atoms with Gasteiger partial charge in [0.05, 0.1) is 5.69 Å². The van der Waals surface area contributed by atoms with Crippen LogP contribution in [0.5, 0.6) is 0 Å². The number of ether oxygens (including phenoxy) is 1. The molecule has 0 aromatic carbocycles. The van der Waals surface area contributed by atoms with Gasteiger partial charge in [0.25, 0.3) is 0 Å². The summed E-state index contributed by atoms with van der Waals surface area (Å²) in [6.07, 6.45) is 7.36. The summed E-state index contributed by atoms with van der Waals surface area (Å²) in [5, 5.41) is 0. The van der Waals surface area contributed by atoms with Crippen LogP contribution in [0.3, 0.4) is 0 Å². The van der Waals surface area contributed by atoms with E-state index in [0.29, 0.717) is 0 Å². The average molecular weight is 235 g/mol. The minimum Gasteiger partial charge on any atom is -0.369 e. The molecule has 0 bridgehead atoms. The van der Waals surface area contributed by atoms with Crippen molar-refractivity contribution in [1.29, 1.82) is 0 Å². The van der Waals surface area contributed by atoms with E-state index in [4.69, 9.17) is 4.74 Å². The topological polar surface area (TPSA) is 22.1 Å². The van der Waals surface area contributed by atoms with Gasteiger partial charge >= 0.3 is 0 Å². The van der Waals surface area contributed by atoms with Crippen LogP contribution in [-0.2, 0) is 10.3 Å². The molecule has 2 nitrogen and oxygen atoms in total.